The zero-order valence-electron chi connectivity index (χ0n) is 11.9. The normalized spacial score (nSPS) is 20.7. The van der Waals surface area contributed by atoms with E-state index in [2.05, 4.69) is 4.99 Å². The fourth-order valence-corrected chi connectivity index (χ4v) is 3.71. The van der Waals surface area contributed by atoms with E-state index in [1.165, 1.54) is 12.1 Å². The lowest BCUT2D eigenvalue weighted by atomic mass is 10.1. The summed E-state index contributed by atoms with van der Waals surface area (Å²) in [6, 6.07) is 13.7. The van der Waals surface area contributed by atoms with Crippen molar-refractivity contribution in [3.63, 3.8) is 0 Å². The third kappa shape index (κ3) is 2.69. The first-order valence-electron chi connectivity index (χ1n) is 6.88. The number of rotatable bonds is 2. The van der Waals surface area contributed by atoms with Gasteiger partial charge in [-0.15, -0.1) is 0 Å². The topological polar surface area (TPSA) is 72.6 Å². The van der Waals surface area contributed by atoms with E-state index in [0.717, 1.165) is 16.2 Å². The summed E-state index contributed by atoms with van der Waals surface area (Å²) in [5, 5.41) is 10.7. The first-order chi connectivity index (χ1) is 10.6. The van der Waals surface area contributed by atoms with Crippen molar-refractivity contribution in [2.45, 2.75) is 23.5 Å². The van der Waals surface area contributed by atoms with Gasteiger partial charge >= 0.3 is 0 Å². The first kappa shape index (κ1) is 14.6. The highest BCUT2D eigenvalue weighted by Gasteiger charge is 2.23. The maximum atomic E-state index is 12.5. The van der Waals surface area contributed by atoms with Crippen LogP contribution in [-0.2, 0) is 10.8 Å². The molecule has 0 fully saturated rings. The van der Waals surface area contributed by atoms with Crippen molar-refractivity contribution in [2.75, 3.05) is 0 Å². The molecule has 0 saturated heterocycles. The van der Waals surface area contributed by atoms with Gasteiger partial charge < -0.3 is 0 Å². The highest BCUT2D eigenvalue weighted by molar-refractivity contribution is 7.85. The molecule has 112 valence electrons. The van der Waals surface area contributed by atoms with Crippen LogP contribution in [0.5, 0.6) is 0 Å². The molecule has 5 nitrogen and oxygen atoms in total. The molecule has 1 aliphatic rings. The Morgan fingerprint density at radius 1 is 1.18 bits per heavy atom. The molecule has 1 aliphatic heterocycles. The maximum Gasteiger partial charge on any atom is 0.269 e. The average Bonchev–Trinajstić information content (AvgIpc) is 2.65. The molecule has 0 amide bonds. The van der Waals surface area contributed by atoms with Gasteiger partial charge in [0.2, 0.25) is 0 Å². The molecule has 0 unspecified atom stereocenters. The quantitative estimate of drug-likeness (QED) is 0.628. The Balaban J connectivity index is 2.05. The van der Waals surface area contributed by atoms with E-state index < -0.39 is 15.7 Å². The fraction of sp³-hybridized carbons (Fsp3) is 0.188. The molecule has 22 heavy (non-hydrogen) atoms. The van der Waals surface area contributed by atoms with Gasteiger partial charge in [0.25, 0.3) is 5.69 Å². The molecule has 2 atom stereocenters. The second-order valence-corrected chi connectivity index (χ2v) is 6.98. The SMILES string of the molecule is C[C@@H]1CC(c2ccc([N+](=O)[O-])cc2)=Nc2ccccc2[S@@]1=O. The van der Waals surface area contributed by atoms with Crippen molar-refractivity contribution >= 4 is 27.9 Å². The number of para-hydroxylation sites is 1. The third-order valence-electron chi connectivity index (χ3n) is 3.60. The Bertz CT molecular complexity index is 784. The molecular formula is C16H14N2O3S. The number of hydrogen-bond acceptors (Lipinski definition) is 4. The van der Waals surface area contributed by atoms with Crippen molar-refractivity contribution in [3.8, 4) is 0 Å². The number of aliphatic imine (C=N–C) groups is 1. The Labute approximate surface area is 130 Å². The second kappa shape index (κ2) is 5.81. The van der Waals surface area contributed by atoms with Crippen LogP contribution in [0, 0.1) is 10.1 Å². The van der Waals surface area contributed by atoms with Gasteiger partial charge in [0.1, 0.15) is 0 Å². The van der Waals surface area contributed by atoms with Crippen LogP contribution in [0.4, 0.5) is 11.4 Å². The zero-order valence-corrected chi connectivity index (χ0v) is 12.7. The van der Waals surface area contributed by atoms with Gasteiger partial charge in [-0.1, -0.05) is 19.1 Å². The molecule has 2 aromatic rings. The molecule has 2 aromatic carbocycles. The largest absolute Gasteiger partial charge is 0.269 e. The molecule has 6 heteroatoms. The van der Waals surface area contributed by atoms with Crippen LogP contribution in [-0.4, -0.2) is 20.1 Å². The Hall–Kier alpha value is -2.34. The summed E-state index contributed by atoms with van der Waals surface area (Å²) in [4.78, 5) is 15.7. The average molecular weight is 314 g/mol. The van der Waals surface area contributed by atoms with Gasteiger partial charge in [0.15, 0.2) is 0 Å². The van der Waals surface area contributed by atoms with E-state index in [1.807, 2.05) is 31.2 Å². The smallest absolute Gasteiger partial charge is 0.258 e. The van der Waals surface area contributed by atoms with E-state index in [1.54, 1.807) is 12.1 Å². The highest BCUT2D eigenvalue weighted by atomic mass is 32.2. The molecule has 3 rings (SSSR count). The van der Waals surface area contributed by atoms with Gasteiger partial charge in [0.05, 0.1) is 26.3 Å². The maximum absolute atomic E-state index is 12.5. The van der Waals surface area contributed by atoms with Crippen molar-refractivity contribution in [1.82, 2.24) is 0 Å². The number of nitro groups is 1. The van der Waals surface area contributed by atoms with Gasteiger partial charge in [-0.25, -0.2) is 0 Å². The summed E-state index contributed by atoms with van der Waals surface area (Å²) in [7, 11) is -1.11. The number of non-ortho nitro benzene ring substituents is 1. The number of fused-ring (bicyclic) bond motifs is 1. The summed E-state index contributed by atoms with van der Waals surface area (Å²) in [5.41, 5.74) is 2.39. The van der Waals surface area contributed by atoms with Crippen molar-refractivity contribution < 1.29 is 9.13 Å². The lowest BCUT2D eigenvalue weighted by Gasteiger charge is -2.09. The van der Waals surface area contributed by atoms with E-state index >= 15 is 0 Å². The van der Waals surface area contributed by atoms with Crippen molar-refractivity contribution in [1.29, 1.82) is 0 Å². The predicted molar refractivity (Wildman–Crippen MR) is 86.2 cm³/mol. The van der Waals surface area contributed by atoms with Crippen LogP contribution >= 0.6 is 0 Å². The van der Waals surface area contributed by atoms with E-state index in [9.17, 15) is 14.3 Å². The molecule has 0 aromatic heterocycles. The minimum absolute atomic E-state index is 0.0509. The van der Waals surface area contributed by atoms with Gasteiger partial charge in [-0.2, -0.15) is 0 Å². The molecular weight excluding hydrogens is 300 g/mol. The Morgan fingerprint density at radius 2 is 1.86 bits per heavy atom. The minimum atomic E-state index is -1.11. The number of hydrogen-bond donors (Lipinski definition) is 0. The summed E-state index contributed by atoms with van der Waals surface area (Å²) >= 11 is 0. The number of nitrogens with zero attached hydrogens (tertiary/aromatic N) is 2. The van der Waals surface area contributed by atoms with E-state index in [0.29, 0.717) is 12.1 Å². The molecule has 1 heterocycles. The van der Waals surface area contributed by atoms with Gasteiger partial charge in [-0.05, 0) is 29.8 Å². The van der Waals surface area contributed by atoms with E-state index in [4.69, 9.17) is 0 Å². The summed E-state index contributed by atoms with van der Waals surface area (Å²) in [5.74, 6) is 0. The van der Waals surface area contributed by atoms with Gasteiger partial charge in [-0.3, -0.25) is 19.3 Å². The number of nitro benzene ring substituents is 1. The Morgan fingerprint density at radius 3 is 2.55 bits per heavy atom. The minimum Gasteiger partial charge on any atom is -0.258 e. The van der Waals surface area contributed by atoms with Crippen LogP contribution in [0.1, 0.15) is 18.9 Å². The second-order valence-electron chi connectivity index (χ2n) is 5.14. The van der Waals surface area contributed by atoms with Crippen molar-refractivity contribution in [3.05, 3.63) is 64.2 Å². The van der Waals surface area contributed by atoms with Crippen LogP contribution in [0.3, 0.4) is 0 Å². The predicted octanol–water partition coefficient (Wildman–Crippen LogP) is 3.62. The van der Waals surface area contributed by atoms with Crippen LogP contribution in [0.25, 0.3) is 0 Å². The summed E-state index contributed by atoms with van der Waals surface area (Å²) in [6.07, 6.45) is 0.569. The van der Waals surface area contributed by atoms with Crippen LogP contribution < -0.4 is 0 Å². The highest BCUT2D eigenvalue weighted by Crippen LogP contribution is 2.31. The molecule has 0 radical (unpaired) electrons. The Kier molecular flexibility index (Phi) is 3.85. The summed E-state index contributed by atoms with van der Waals surface area (Å²) in [6.45, 7) is 1.93. The standard InChI is InChI=1S/C16H14N2O3S/c1-11-10-15(12-6-8-13(9-7-12)18(19)20)17-14-4-2-3-5-16(14)22(11)21/h2-9,11H,10H2,1H3/t11-,22-/m1/s1. The molecule has 0 spiro atoms. The number of benzene rings is 2. The lowest BCUT2D eigenvalue weighted by Crippen LogP contribution is -2.14. The molecule has 0 saturated carbocycles. The third-order valence-corrected chi connectivity index (χ3v) is 5.27. The van der Waals surface area contributed by atoms with Crippen molar-refractivity contribution in [2.24, 2.45) is 4.99 Å². The lowest BCUT2D eigenvalue weighted by molar-refractivity contribution is -0.384. The molecule has 0 aliphatic carbocycles. The monoisotopic (exact) mass is 314 g/mol. The van der Waals surface area contributed by atoms with Crippen LogP contribution in [0.15, 0.2) is 58.4 Å². The van der Waals surface area contributed by atoms with E-state index in [-0.39, 0.29) is 10.9 Å². The first-order valence-corrected chi connectivity index (χ1v) is 8.09. The molecule has 0 bridgehead atoms. The molecule has 0 N–H and O–H groups in total. The van der Waals surface area contributed by atoms with Crippen LogP contribution in [0.2, 0.25) is 0 Å². The van der Waals surface area contributed by atoms with Gasteiger partial charge in [0, 0.05) is 29.5 Å². The summed E-state index contributed by atoms with van der Waals surface area (Å²) < 4.78 is 12.5. The fourth-order valence-electron chi connectivity index (χ4n) is 2.43. The zero-order chi connectivity index (χ0) is 15.7.